The summed E-state index contributed by atoms with van der Waals surface area (Å²) in [6, 6.07) is 18.4. The van der Waals surface area contributed by atoms with E-state index in [0.717, 1.165) is 91.5 Å². The zero-order valence-corrected chi connectivity index (χ0v) is 36.3. The average molecular weight is 888 g/mol. The van der Waals surface area contributed by atoms with Crippen LogP contribution in [-0.4, -0.2) is 92.3 Å². The number of para-hydroxylation sites is 1. The molecule has 1 saturated carbocycles. The smallest absolute Gasteiger partial charge is 0.159 e. The van der Waals surface area contributed by atoms with Crippen LogP contribution >= 0.6 is 15.9 Å². The second kappa shape index (κ2) is 20.9. The van der Waals surface area contributed by atoms with E-state index in [-0.39, 0.29) is 11.8 Å². The summed E-state index contributed by atoms with van der Waals surface area (Å²) in [6.45, 7) is 7.35. The number of methoxy groups -OCH3 is 1. The number of nitrogens with zero attached hydrogens (tertiary/aromatic N) is 7. The summed E-state index contributed by atoms with van der Waals surface area (Å²) in [7, 11) is 1.67. The van der Waals surface area contributed by atoms with Gasteiger partial charge in [0, 0.05) is 101 Å². The molecule has 1 aliphatic carbocycles. The largest absolute Gasteiger partial charge is 0.383 e. The normalized spacial score (nSPS) is 21.9. The second-order valence-electron chi connectivity index (χ2n) is 16.6. The van der Waals surface area contributed by atoms with Gasteiger partial charge in [-0.2, -0.15) is 15.3 Å². The molecule has 1 N–H and O–H groups in total. The standard InChI is InChI=1S/C26H29BrF2N4O.C20H28N4O2/c1-17-26(27)25(33(31-17)21-6-4-3-5-7-21)14-20(30)12-19-15-32(10-11-34-2)16-22(19)18-8-9-23(28)24(29)13-18;25-19(12-17-4-1-2-5-20(17)23-10-3-8-21-23)13-18-6-9-22-24(18)14-16-7-11-26-15-16/h3-9,13,19,22,30H,10-12,14-16H2,1-2H3;3,6,8-10,16-17,20H,1-2,4-5,7,11-15H2/t19-,22+;/m1./s1. The van der Waals surface area contributed by atoms with Gasteiger partial charge in [-0.05, 0) is 102 Å². The van der Waals surface area contributed by atoms with E-state index in [4.69, 9.17) is 14.9 Å². The zero-order chi connectivity index (χ0) is 42.0. The predicted molar refractivity (Wildman–Crippen MR) is 231 cm³/mol. The van der Waals surface area contributed by atoms with Gasteiger partial charge in [0.15, 0.2) is 11.6 Å². The third-order valence-corrected chi connectivity index (χ3v) is 13.4. The minimum atomic E-state index is -0.836. The van der Waals surface area contributed by atoms with Crippen molar-refractivity contribution in [1.82, 2.24) is 34.2 Å². The maximum absolute atomic E-state index is 14.0. The molecule has 8 rings (SSSR count). The summed E-state index contributed by atoms with van der Waals surface area (Å²) in [6.07, 6.45) is 13.6. The SMILES string of the molecule is COCCN1C[C@@H](CC(=N)Cc2c(Br)c(C)nn2-c2ccccc2)[C@H](c2ccc(F)c(F)c2)C1.O=C(Cc1ccnn1CC1CCOC1)CC1CCCCC1n1cccn1. The molecule has 5 heterocycles. The molecule has 3 fully saturated rings. The first-order chi connectivity index (χ1) is 29.2. The Labute approximate surface area is 360 Å². The van der Waals surface area contributed by atoms with E-state index >= 15 is 0 Å². The van der Waals surface area contributed by atoms with E-state index in [1.54, 1.807) is 13.2 Å². The fraction of sp³-hybridized carbons (Fsp3) is 0.500. The minimum absolute atomic E-state index is 0.0246. The summed E-state index contributed by atoms with van der Waals surface area (Å²) in [4.78, 5) is 15.1. The van der Waals surface area contributed by atoms with Crippen LogP contribution in [0.1, 0.15) is 79.6 Å². The highest BCUT2D eigenvalue weighted by atomic mass is 79.9. The zero-order valence-electron chi connectivity index (χ0n) is 34.7. The molecule has 11 nitrogen and oxygen atoms in total. The molecule has 5 atom stereocenters. The summed E-state index contributed by atoms with van der Waals surface area (Å²) >= 11 is 3.66. The van der Waals surface area contributed by atoms with Crippen molar-refractivity contribution in [2.45, 2.75) is 83.2 Å². The molecule has 2 aliphatic heterocycles. The highest BCUT2D eigenvalue weighted by molar-refractivity contribution is 9.10. The molecule has 0 spiro atoms. The lowest BCUT2D eigenvalue weighted by Gasteiger charge is -2.31. The molecule has 2 aromatic carbocycles. The van der Waals surface area contributed by atoms with Crippen molar-refractivity contribution in [3.63, 3.8) is 0 Å². The van der Waals surface area contributed by atoms with Crippen LogP contribution in [0.3, 0.4) is 0 Å². The van der Waals surface area contributed by atoms with Gasteiger partial charge < -0.3 is 19.8 Å². The number of aryl methyl sites for hydroxylation is 1. The molecule has 0 bridgehead atoms. The van der Waals surface area contributed by atoms with E-state index < -0.39 is 11.6 Å². The topological polar surface area (TPSA) is 116 Å². The number of nitrogens with one attached hydrogen (secondary N) is 1. The fourth-order valence-corrected chi connectivity index (χ4v) is 9.62. The first-order valence-electron chi connectivity index (χ1n) is 21.3. The van der Waals surface area contributed by atoms with Crippen LogP contribution in [0.5, 0.6) is 0 Å². The lowest BCUT2D eigenvalue weighted by atomic mass is 9.81. The van der Waals surface area contributed by atoms with Crippen LogP contribution in [0.25, 0.3) is 5.69 Å². The van der Waals surface area contributed by atoms with E-state index in [1.807, 2.05) is 77.3 Å². The van der Waals surface area contributed by atoms with Crippen LogP contribution in [0, 0.1) is 41.7 Å². The number of carbonyl (C=O) groups excluding carboxylic acids is 1. The van der Waals surface area contributed by atoms with Crippen LogP contribution in [0.4, 0.5) is 8.78 Å². The Morgan fingerprint density at radius 2 is 1.78 bits per heavy atom. The van der Waals surface area contributed by atoms with Gasteiger partial charge in [0.05, 0.1) is 40.8 Å². The van der Waals surface area contributed by atoms with Gasteiger partial charge in [-0.15, -0.1) is 0 Å². The summed E-state index contributed by atoms with van der Waals surface area (Å²) in [5.41, 5.74) is 5.16. The number of carbonyl (C=O) groups is 1. The highest BCUT2D eigenvalue weighted by Gasteiger charge is 2.35. The van der Waals surface area contributed by atoms with Gasteiger partial charge in [-0.1, -0.05) is 37.1 Å². The molecule has 3 aliphatic rings. The third-order valence-electron chi connectivity index (χ3n) is 12.3. The Balaban J connectivity index is 0.000000188. The van der Waals surface area contributed by atoms with E-state index in [2.05, 4.69) is 40.8 Å². The number of hydrogen-bond donors (Lipinski definition) is 1. The molecular formula is C46H57BrF2N8O3. The molecule has 0 amide bonds. The number of ketones is 1. The Morgan fingerprint density at radius 1 is 0.950 bits per heavy atom. The molecule has 3 aromatic heterocycles. The molecular weight excluding hydrogens is 830 g/mol. The Bertz CT molecular complexity index is 2150. The van der Waals surface area contributed by atoms with Gasteiger partial charge >= 0.3 is 0 Å². The number of benzene rings is 2. The summed E-state index contributed by atoms with van der Waals surface area (Å²) < 4.78 is 45.1. The van der Waals surface area contributed by atoms with E-state index in [1.165, 1.54) is 25.0 Å². The van der Waals surface area contributed by atoms with E-state index in [9.17, 15) is 13.6 Å². The summed E-state index contributed by atoms with van der Waals surface area (Å²) in [5.74, 6) is -0.274. The molecule has 0 radical (unpaired) electrons. The van der Waals surface area contributed by atoms with Crippen molar-refractivity contribution < 1.29 is 23.0 Å². The monoisotopic (exact) mass is 886 g/mol. The number of rotatable bonds is 16. The second-order valence-corrected chi connectivity index (χ2v) is 17.4. The quantitative estimate of drug-likeness (QED) is 0.0988. The molecule has 320 valence electrons. The van der Waals surface area contributed by atoms with Crippen molar-refractivity contribution in [2.24, 2.45) is 17.8 Å². The third kappa shape index (κ3) is 11.1. The number of hydrogen-bond acceptors (Lipinski definition) is 8. The number of aromatic nitrogens is 6. The van der Waals surface area contributed by atoms with Gasteiger partial charge in [0.2, 0.25) is 0 Å². The highest BCUT2D eigenvalue weighted by Crippen LogP contribution is 2.37. The first-order valence-corrected chi connectivity index (χ1v) is 22.1. The molecule has 3 unspecified atom stereocenters. The Hall–Kier alpha value is -4.37. The summed E-state index contributed by atoms with van der Waals surface area (Å²) in [5, 5.41) is 22.4. The van der Waals surface area contributed by atoms with Crippen molar-refractivity contribution in [2.75, 3.05) is 46.6 Å². The number of halogens is 3. The minimum Gasteiger partial charge on any atom is -0.383 e. The molecule has 2 saturated heterocycles. The van der Waals surface area contributed by atoms with Gasteiger partial charge in [-0.3, -0.25) is 14.2 Å². The molecule has 60 heavy (non-hydrogen) atoms. The maximum atomic E-state index is 14.0. The van der Waals surface area contributed by atoms with Crippen molar-refractivity contribution in [3.05, 3.63) is 118 Å². The van der Waals surface area contributed by atoms with E-state index in [0.29, 0.717) is 61.7 Å². The van der Waals surface area contributed by atoms with Crippen LogP contribution in [0.15, 0.2) is 83.7 Å². The predicted octanol–water partition coefficient (Wildman–Crippen LogP) is 8.59. The fourth-order valence-electron chi connectivity index (χ4n) is 9.24. The van der Waals surface area contributed by atoms with Crippen LogP contribution in [-0.2, 0) is 33.7 Å². The van der Waals surface area contributed by atoms with Crippen LogP contribution < -0.4 is 0 Å². The maximum Gasteiger partial charge on any atom is 0.159 e. The number of Topliss-reactive ketones (excluding diaryl/α,β-unsaturated/α-hetero) is 1. The number of likely N-dealkylation sites (tertiary alicyclic amines) is 1. The number of ether oxygens (including phenoxy) is 2. The molecule has 5 aromatic rings. The van der Waals surface area contributed by atoms with Gasteiger partial charge in [0.25, 0.3) is 0 Å². The average Bonchev–Trinajstić information content (AvgIpc) is 4.12. The lowest BCUT2D eigenvalue weighted by Crippen LogP contribution is -2.26. The Kier molecular flexibility index (Phi) is 15.3. The van der Waals surface area contributed by atoms with Crippen molar-refractivity contribution >= 4 is 27.4 Å². The van der Waals surface area contributed by atoms with Crippen molar-refractivity contribution in [1.29, 1.82) is 5.41 Å². The molecule has 14 heteroatoms. The van der Waals surface area contributed by atoms with Gasteiger partial charge in [-0.25, -0.2) is 13.5 Å². The van der Waals surface area contributed by atoms with Gasteiger partial charge in [0.1, 0.15) is 5.78 Å². The first kappa shape index (κ1) is 43.7. The Morgan fingerprint density at radius 3 is 2.53 bits per heavy atom. The van der Waals surface area contributed by atoms with Crippen molar-refractivity contribution in [3.8, 4) is 5.69 Å². The lowest BCUT2D eigenvalue weighted by molar-refractivity contribution is -0.120. The van der Waals surface area contributed by atoms with Crippen LogP contribution in [0.2, 0.25) is 0 Å².